The average Bonchev–Trinajstić information content (AvgIpc) is 3.43. The average molecular weight is 399 g/mol. The molecule has 30 heavy (non-hydrogen) atoms. The van der Waals surface area contributed by atoms with Crippen molar-refractivity contribution < 1.29 is 9.90 Å². The van der Waals surface area contributed by atoms with E-state index in [0.29, 0.717) is 12.1 Å². The van der Waals surface area contributed by atoms with Crippen LogP contribution in [0.5, 0.6) is 0 Å². The molecule has 2 aromatic carbocycles. The highest BCUT2D eigenvalue weighted by atomic mass is 16.4. The second kappa shape index (κ2) is 8.49. The van der Waals surface area contributed by atoms with Crippen molar-refractivity contribution in [2.24, 2.45) is 5.92 Å². The molecule has 0 radical (unpaired) electrons. The minimum absolute atomic E-state index is 0.306. The van der Waals surface area contributed by atoms with Crippen molar-refractivity contribution in [1.82, 2.24) is 14.5 Å². The number of aryl methyl sites for hydroxylation is 1. The SMILES string of the molecule is CC1CC1.Cc1ccnc2c1ncn2Cc1ccc(-c2ccccc2C(=O)O)cc1. The summed E-state index contributed by atoms with van der Waals surface area (Å²) in [6.45, 7) is 4.96. The number of imidazole rings is 1. The third-order valence-electron chi connectivity index (χ3n) is 5.35. The lowest BCUT2D eigenvalue weighted by Crippen LogP contribution is -2.00. The normalized spacial score (nSPS) is 13.0. The van der Waals surface area contributed by atoms with Crippen LogP contribution >= 0.6 is 0 Å². The molecule has 0 saturated heterocycles. The van der Waals surface area contributed by atoms with Gasteiger partial charge in [-0.3, -0.25) is 0 Å². The fourth-order valence-electron chi connectivity index (χ4n) is 3.28. The van der Waals surface area contributed by atoms with Gasteiger partial charge in [0.2, 0.25) is 0 Å². The lowest BCUT2D eigenvalue weighted by Gasteiger charge is -2.08. The summed E-state index contributed by atoms with van der Waals surface area (Å²) in [5, 5.41) is 9.36. The molecule has 1 fully saturated rings. The summed E-state index contributed by atoms with van der Waals surface area (Å²) >= 11 is 0. The van der Waals surface area contributed by atoms with Crippen LogP contribution in [0.3, 0.4) is 0 Å². The summed E-state index contributed by atoms with van der Waals surface area (Å²) < 4.78 is 2.02. The summed E-state index contributed by atoms with van der Waals surface area (Å²) in [5.41, 5.74) is 5.90. The van der Waals surface area contributed by atoms with Crippen molar-refractivity contribution in [2.75, 3.05) is 0 Å². The first-order valence-electron chi connectivity index (χ1n) is 10.2. The van der Waals surface area contributed by atoms with Gasteiger partial charge in [-0.2, -0.15) is 0 Å². The quantitative estimate of drug-likeness (QED) is 0.487. The van der Waals surface area contributed by atoms with Crippen LogP contribution in [0.1, 0.15) is 41.3 Å². The van der Waals surface area contributed by atoms with Gasteiger partial charge in [-0.25, -0.2) is 14.8 Å². The standard InChI is InChI=1S/C21H17N3O2.C4H8/c1-14-10-11-22-20-19(14)23-13-24(20)12-15-6-8-16(9-7-15)17-4-2-3-5-18(17)21(25)26;1-4-2-3-4/h2-11,13H,12H2,1H3,(H,25,26);4H,2-3H2,1H3. The fraction of sp³-hybridized carbons (Fsp3) is 0.240. The number of hydrogen-bond donors (Lipinski definition) is 1. The van der Waals surface area contributed by atoms with Crippen LogP contribution in [0.4, 0.5) is 0 Å². The molecule has 5 heteroatoms. The van der Waals surface area contributed by atoms with E-state index in [4.69, 9.17) is 0 Å². The van der Waals surface area contributed by atoms with Gasteiger partial charge in [0.15, 0.2) is 5.65 Å². The lowest BCUT2D eigenvalue weighted by atomic mass is 9.99. The number of rotatable bonds is 4. The molecule has 0 unspecified atom stereocenters. The Kier molecular flexibility index (Phi) is 5.61. The first-order valence-corrected chi connectivity index (χ1v) is 10.2. The van der Waals surface area contributed by atoms with Crippen molar-refractivity contribution in [3.8, 4) is 11.1 Å². The minimum Gasteiger partial charge on any atom is -0.478 e. The number of pyridine rings is 1. The second-order valence-corrected chi connectivity index (χ2v) is 7.90. The molecule has 5 nitrogen and oxygen atoms in total. The Labute approximate surface area is 176 Å². The van der Waals surface area contributed by atoms with E-state index in [1.807, 2.05) is 54.0 Å². The van der Waals surface area contributed by atoms with Gasteiger partial charge in [-0.1, -0.05) is 62.2 Å². The molecule has 1 aliphatic rings. The second-order valence-electron chi connectivity index (χ2n) is 7.90. The zero-order valence-electron chi connectivity index (χ0n) is 17.2. The Balaban J connectivity index is 0.000000489. The molecule has 1 saturated carbocycles. The van der Waals surface area contributed by atoms with Crippen molar-refractivity contribution >= 4 is 17.1 Å². The number of carboxylic acid groups (broad SMARTS) is 1. The highest BCUT2D eigenvalue weighted by Crippen LogP contribution is 2.27. The molecule has 0 amide bonds. The van der Waals surface area contributed by atoms with Gasteiger partial charge in [0.1, 0.15) is 5.52 Å². The van der Waals surface area contributed by atoms with Crippen molar-refractivity contribution in [3.05, 3.63) is 83.8 Å². The van der Waals surface area contributed by atoms with Gasteiger partial charge in [-0.05, 0) is 47.2 Å². The molecule has 1 N–H and O–H groups in total. The monoisotopic (exact) mass is 399 g/mol. The molecule has 4 aromatic rings. The summed E-state index contributed by atoms with van der Waals surface area (Å²) in [7, 11) is 0. The molecule has 0 atom stereocenters. The number of fused-ring (bicyclic) bond motifs is 1. The van der Waals surface area contributed by atoms with E-state index in [0.717, 1.165) is 39.3 Å². The Morgan fingerprint density at radius 2 is 1.77 bits per heavy atom. The van der Waals surface area contributed by atoms with Gasteiger partial charge >= 0.3 is 5.97 Å². The third-order valence-corrected chi connectivity index (χ3v) is 5.35. The smallest absolute Gasteiger partial charge is 0.336 e. The number of aromatic carboxylic acids is 1. The van der Waals surface area contributed by atoms with Gasteiger partial charge in [0.05, 0.1) is 18.4 Å². The molecule has 2 aromatic heterocycles. The lowest BCUT2D eigenvalue weighted by molar-refractivity contribution is 0.0697. The molecule has 152 valence electrons. The van der Waals surface area contributed by atoms with Crippen LogP contribution in [0.2, 0.25) is 0 Å². The number of hydrogen-bond acceptors (Lipinski definition) is 3. The van der Waals surface area contributed by atoms with Crippen molar-refractivity contribution in [3.63, 3.8) is 0 Å². The topological polar surface area (TPSA) is 68.0 Å². The van der Waals surface area contributed by atoms with Gasteiger partial charge in [0.25, 0.3) is 0 Å². The van der Waals surface area contributed by atoms with Crippen LogP contribution in [0.25, 0.3) is 22.3 Å². The van der Waals surface area contributed by atoms with Gasteiger partial charge in [0, 0.05) is 6.20 Å². The summed E-state index contributed by atoms with van der Waals surface area (Å²) in [4.78, 5) is 20.3. The number of nitrogens with zero attached hydrogens (tertiary/aromatic N) is 3. The van der Waals surface area contributed by atoms with E-state index in [1.165, 1.54) is 12.8 Å². The highest BCUT2D eigenvalue weighted by Gasteiger charge is 2.13. The predicted octanol–water partition coefficient (Wildman–Crippen LogP) is 5.57. The van der Waals surface area contributed by atoms with Crippen molar-refractivity contribution in [2.45, 2.75) is 33.2 Å². The Hall–Kier alpha value is -3.47. The molecule has 5 rings (SSSR count). The summed E-state index contributed by atoms with van der Waals surface area (Å²) in [5.74, 6) is 0.163. The number of aromatic nitrogens is 3. The minimum atomic E-state index is -0.920. The largest absolute Gasteiger partial charge is 0.478 e. The fourth-order valence-corrected chi connectivity index (χ4v) is 3.28. The maximum Gasteiger partial charge on any atom is 0.336 e. The van der Waals surface area contributed by atoms with E-state index in [1.54, 1.807) is 24.7 Å². The van der Waals surface area contributed by atoms with E-state index >= 15 is 0 Å². The zero-order valence-corrected chi connectivity index (χ0v) is 17.2. The van der Waals surface area contributed by atoms with Crippen LogP contribution < -0.4 is 0 Å². The van der Waals surface area contributed by atoms with Crippen LogP contribution in [0, 0.1) is 12.8 Å². The summed E-state index contributed by atoms with van der Waals surface area (Å²) in [6, 6.07) is 16.9. The Morgan fingerprint density at radius 3 is 2.43 bits per heavy atom. The number of carbonyl (C=O) groups is 1. The number of benzene rings is 2. The molecular formula is C25H25N3O2. The molecule has 2 heterocycles. The zero-order chi connectivity index (χ0) is 21.1. The van der Waals surface area contributed by atoms with E-state index in [9.17, 15) is 9.90 Å². The highest BCUT2D eigenvalue weighted by molar-refractivity contribution is 5.96. The predicted molar refractivity (Wildman–Crippen MR) is 119 cm³/mol. The maximum absolute atomic E-state index is 11.4. The maximum atomic E-state index is 11.4. The number of carboxylic acids is 1. The van der Waals surface area contributed by atoms with Gasteiger partial charge < -0.3 is 9.67 Å². The van der Waals surface area contributed by atoms with E-state index < -0.39 is 5.97 Å². The van der Waals surface area contributed by atoms with Crippen LogP contribution in [-0.2, 0) is 6.54 Å². The third kappa shape index (κ3) is 4.40. The summed E-state index contributed by atoms with van der Waals surface area (Å²) in [6.07, 6.45) is 6.57. The van der Waals surface area contributed by atoms with Crippen LogP contribution in [0.15, 0.2) is 67.1 Å². The molecule has 0 bridgehead atoms. The van der Waals surface area contributed by atoms with E-state index in [2.05, 4.69) is 16.9 Å². The molecule has 0 aliphatic heterocycles. The van der Waals surface area contributed by atoms with Crippen molar-refractivity contribution in [1.29, 1.82) is 0 Å². The Morgan fingerprint density at radius 1 is 1.07 bits per heavy atom. The molecule has 0 spiro atoms. The first-order chi connectivity index (χ1) is 14.5. The van der Waals surface area contributed by atoms with Gasteiger partial charge in [-0.15, -0.1) is 0 Å². The molecular weight excluding hydrogens is 374 g/mol. The first kappa shape index (κ1) is 19.8. The van der Waals surface area contributed by atoms with Crippen LogP contribution in [-0.4, -0.2) is 25.6 Å². The molecule has 1 aliphatic carbocycles. The van der Waals surface area contributed by atoms with E-state index in [-0.39, 0.29) is 0 Å². The Bertz CT molecular complexity index is 1170.